The molecule has 100 valence electrons. The Morgan fingerprint density at radius 3 is 2.67 bits per heavy atom. The molecule has 0 bridgehead atoms. The van der Waals surface area contributed by atoms with E-state index in [0.29, 0.717) is 5.92 Å². The van der Waals surface area contributed by atoms with Crippen LogP contribution in [0.4, 0.5) is 0 Å². The fourth-order valence-electron chi connectivity index (χ4n) is 1.69. The molecule has 0 aliphatic heterocycles. The van der Waals surface area contributed by atoms with Crippen molar-refractivity contribution in [3.63, 3.8) is 0 Å². The second-order valence-corrected chi connectivity index (χ2v) is 5.49. The lowest BCUT2D eigenvalue weighted by Crippen LogP contribution is -2.40. The van der Waals surface area contributed by atoms with Crippen LogP contribution in [0.15, 0.2) is 17.1 Å². The normalized spacial score (nSPS) is 12.5. The molecule has 0 fully saturated rings. The molecule has 0 aromatic carbocycles. The molecule has 5 heteroatoms. The molecule has 1 unspecified atom stereocenters. The summed E-state index contributed by atoms with van der Waals surface area (Å²) in [5.41, 5.74) is 0.670. The van der Waals surface area contributed by atoms with Gasteiger partial charge in [-0.05, 0) is 19.3 Å². The molecule has 0 saturated carbocycles. The average molecular weight is 315 g/mol. The molecular formula is C13H19BrN2O2. The van der Waals surface area contributed by atoms with Gasteiger partial charge in [0.25, 0.3) is 5.91 Å². The number of nitrogens with one attached hydrogen (secondary N) is 2. The SMILES string of the molecule is Cc1cc(=O)c(C(=O)NC(CCBr)C(C)C)c[nH]1. The first-order valence-electron chi connectivity index (χ1n) is 6.02. The molecule has 1 heterocycles. The van der Waals surface area contributed by atoms with E-state index in [4.69, 9.17) is 0 Å². The van der Waals surface area contributed by atoms with Crippen LogP contribution in [0.5, 0.6) is 0 Å². The molecule has 0 radical (unpaired) electrons. The van der Waals surface area contributed by atoms with Gasteiger partial charge in [-0.2, -0.15) is 0 Å². The fraction of sp³-hybridized carbons (Fsp3) is 0.538. The fourth-order valence-corrected chi connectivity index (χ4v) is 2.18. The summed E-state index contributed by atoms with van der Waals surface area (Å²) in [6, 6.07) is 1.50. The van der Waals surface area contributed by atoms with Gasteiger partial charge in [0.15, 0.2) is 5.43 Å². The van der Waals surface area contributed by atoms with Crippen molar-refractivity contribution in [3.8, 4) is 0 Å². The highest BCUT2D eigenvalue weighted by atomic mass is 79.9. The maximum absolute atomic E-state index is 12.0. The zero-order valence-electron chi connectivity index (χ0n) is 10.9. The number of carbonyl (C=O) groups excluding carboxylic acids is 1. The topological polar surface area (TPSA) is 62.0 Å². The molecule has 4 nitrogen and oxygen atoms in total. The smallest absolute Gasteiger partial charge is 0.256 e. The quantitative estimate of drug-likeness (QED) is 0.819. The van der Waals surface area contributed by atoms with Crippen LogP contribution in [0.2, 0.25) is 0 Å². The lowest BCUT2D eigenvalue weighted by molar-refractivity contribution is 0.0923. The second-order valence-electron chi connectivity index (χ2n) is 4.70. The Morgan fingerprint density at radius 2 is 2.17 bits per heavy atom. The summed E-state index contributed by atoms with van der Waals surface area (Å²) >= 11 is 3.37. The van der Waals surface area contributed by atoms with Gasteiger partial charge in [0, 0.05) is 29.3 Å². The Bertz CT molecular complexity index is 468. The third kappa shape index (κ3) is 3.98. The van der Waals surface area contributed by atoms with Crippen LogP contribution in [-0.4, -0.2) is 22.3 Å². The predicted octanol–water partition coefficient (Wildman–Crippen LogP) is 2.22. The van der Waals surface area contributed by atoms with Crippen molar-refractivity contribution >= 4 is 21.8 Å². The van der Waals surface area contributed by atoms with Gasteiger partial charge >= 0.3 is 0 Å². The number of carbonyl (C=O) groups is 1. The molecule has 0 aliphatic carbocycles. The second kappa shape index (κ2) is 6.73. The van der Waals surface area contributed by atoms with E-state index in [9.17, 15) is 9.59 Å². The van der Waals surface area contributed by atoms with E-state index in [-0.39, 0.29) is 22.9 Å². The number of aromatic amines is 1. The van der Waals surface area contributed by atoms with Gasteiger partial charge in [0.05, 0.1) is 0 Å². The highest BCUT2D eigenvalue weighted by molar-refractivity contribution is 9.09. The molecule has 1 rings (SSSR count). The minimum Gasteiger partial charge on any atom is -0.364 e. The summed E-state index contributed by atoms with van der Waals surface area (Å²) in [4.78, 5) is 26.6. The number of hydrogen-bond donors (Lipinski definition) is 2. The summed E-state index contributed by atoms with van der Waals surface area (Å²) < 4.78 is 0. The molecular weight excluding hydrogens is 296 g/mol. The molecule has 18 heavy (non-hydrogen) atoms. The van der Waals surface area contributed by atoms with Crippen LogP contribution in [0.25, 0.3) is 0 Å². The predicted molar refractivity (Wildman–Crippen MR) is 76.3 cm³/mol. The van der Waals surface area contributed by atoms with Crippen LogP contribution >= 0.6 is 15.9 Å². The molecule has 0 aliphatic rings. The number of H-pyrrole nitrogens is 1. The monoisotopic (exact) mass is 314 g/mol. The lowest BCUT2D eigenvalue weighted by atomic mass is 10.0. The van der Waals surface area contributed by atoms with E-state index in [1.807, 2.05) is 13.8 Å². The number of aromatic nitrogens is 1. The third-order valence-electron chi connectivity index (χ3n) is 2.84. The van der Waals surface area contributed by atoms with Crippen molar-refractivity contribution in [1.82, 2.24) is 10.3 Å². The van der Waals surface area contributed by atoms with Crippen molar-refractivity contribution in [2.75, 3.05) is 5.33 Å². The van der Waals surface area contributed by atoms with Crippen molar-refractivity contribution < 1.29 is 4.79 Å². The number of rotatable bonds is 5. The molecule has 0 spiro atoms. The minimum atomic E-state index is -0.309. The van der Waals surface area contributed by atoms with Gasteiger partial charge in [-0.3, -0.25) is 9.59 Å². The van der Waals surface area contributed by atoms with E-state index in [1.165, 1.54) is 12.3 Å². The van der Waals surface area contributed by atoms with Crippen molar-refractivity contribution in [2.45, 2.75) is 33.2 Å². The molecule has 1 atom stereocenters. The Balaban J connectivity index is 2.84. The zero-order chi connectivity index (χ0) is 13.7. The van der Waals surface area contributed by atoms with E-state index in [0.717, 1.165) is 17.4 Å². The highest BCUT2D eigenvalue weighted by Gasteiger charge is 2.18. The first-order chi connectivity index (χ1) is 8.45. The van der Waals surface area contributed by atoms with E-state index in [2.05, 4.69) is 26.2 Å². The largest absolute Gasteiger partial charge is 0.364 e. The first kappa shape index (κ1) is 15.0. The Hall–Kier alpha value is -1.10. The van der Waals surface area contributed by atoms with Crippen molar-refractivity contribution in [2.24, 2.45) is 5.92 Å². The molecule has 2 N–H and O–H groups in total. The van der Waals surface area contributed by atoms with Gasteiger partial charge in [0.2, 0.25) is 0 Å². The van der Waals surface area contributed by atoms with Gasteiger partial charge in [-0.15, -0.1) is 0 Å². The standard InChI is InChI=1S/C13H19BrN2O2/c1-8(2)11(4-5-14)16-13(18)10-7-15-9(3)6-12(10)17/h6-8,11H,4-5H2,1-3H3,(H,15,17)(H,16,18). The molecule has 1 aromatic rings. The van der Waals surface area contributed by atoms with Crippen LogP contribution < -0.4 is 10.7 Å². The number of aryl methyl sites for hydroxylation is 1. The average Bonchev–Trinajstić information content (AvgIpc) is 2.27. The summed E-state index contributed by atoms with van der Waals surface area (Å²) in [7, 11) is 0. The zero-order valence-corrected chi connectivity index (χ0v) is 12.5. The van der Waals surface area contributed by atoms with Gasteiger partial charge in [0.1, 0.15) is 5.56 Å². The number of hydrogen-bond acceptors (Lipinski definition) is 2. The molecule has 1 amide bonds. The summed E-state index contributed by atoms with van der Waals surface area (Å²) in [6.07, 6.45) is 2.31. The van der Waals surface area contributed by atoms with E-state index in [1.54, 1.807) is 6.92 Å². The summed E-state index contributed by atoms with van der Waals surface area (Å²) in [6.45, 7) is 5.88. The van der Waals surface area contributed by atoms with Gasteiger partial charge in [-0.1, -0.05) is 29.8 Å². The number of alkyl halides is 1. The van der Waals surface area contributed by atoms with Crippen molar-refractivity contribution in [3.05, 3.63) is 33.7 Å². The maximum atomic E-state index is 12.0. The van der Waals surface area contributed by atoms with Gasteiger partial charge in [-0.25, -0.2) is 0 Å². The Morgan fingerprint density at radius 1 is 1.50 bits per heavy atom. The van der Waals surface area contributed by atoms with E-state index < -0.39 is 0 Å². The third-order valence-corrected chi connectivity index (χ3v) is 3.30. The van der Waals surface area contributed by atoms with Crippen LogP contribution in [0.1, 0.15) is 36.3 Å². The van der Waals surface area contributed by atoms with Gasteiger partial charge < -0.3 is 10.3 Å². The van der Waals surface area contributed by atoms with Crippen molar-refractivity contribution in [1.29, 1.82) is 0 Å². The maximum Gasteiger partial charge on any atom is 0.256 e. The molecule has 1 aromatic heterocycles. The van der Waals surface area contributed by atoms with Crippen LogP contribution in [0.3, 0.4) is 0 Å². The minimum absolute atomic E-state index is 0.0672. The first-order valence-corrected chi connectivity index (χ1v) is 7.14. The summed E-state index contributed by atoms with van der Waals surface area (Å²) in [5, 5.41) is 3.72. The number of amides is 1. The summed E-state index contributed by atoms with van der Waals surface area (Å²) in [5.74, 6) is 0.0203. The Labute approximate surface area is 115 Å². The Kier molecular flexibility index (Phi) is 5.59. The van der Waals surface area contributed by atoms with Crippen LogP contribution in [0, 0.1) is 12.8 Å². The number of pyridine rings is 1. The molecule has 0 saturated heterocycles. The number of halogens is 1. The van der Waals surface area contributed by atoms with E-state index >= 15 is 0 Å². The highest BCUT2D eigenvalue weighted by Crippen LogP contribution is 2.08. The lowest BCUT2D eigenvalue weighted by Gasteiger charge is -2.21. The van der Waals surface area contributed by atoms with Crippen LogP contribution in [-0.2, 0) is 0 Å².